The van der Waals surface area contributed by atoms with E-state index in [0.29, 0.717) is 16.8 Å². The zero-order valence-corrected chi connectivity index (χ0v) is 15.0. The van der Waals surface area contributed by atoms with E-state index in [1.54, 1.807) is 24.3 Å². The average molecular weight is 375 g/mol. The van der Waals surface area contributed by atoms with Gasteiger partial charge >= 0.3 is 0 Å². The Balaban J connectivity index is 1.46. The third kappa shape index (κ3) is 3.92. The summed E-state index contributed by atoms with van der Waals surface area (Å²) < 4.78 is 13.0. The molecule has 0 fully saturated rings. The van der Waals surface area contributed by atoms with Crippen molar-refractivity contribution < 1.29 is 14.0 Å². The summed E-state index contributed by atoms with van der Waals surface area (Å²) in [6.45, 7) is 1.64. The van der Waals surface area contributed by atoms with Crippen molar-refractivity contribution in [2.24, 2.45) is 0 Å². The van der Waals surface area contributed by atoms with Crippen molar-refractivity contribution in [3.63, 3.8) is 0 Å². The number of halogens is 1. The largest absolute Gasteiger partial charge is 0.322 e. The van der Waals surface area contributed by atoms with Gasteiger partial charge in [0.25, 0.3) is 11.8 Å². The van der Waals surface area contributed by atoms with E-state index in [-0.39, 0.29) is 11.8 Å². The van der Waals surface area contributed by atoms with E-state index in [9.17, 15) is 14.0 Å². The molecule has 0 spiro atoms. The lowest BCUT2D eigenvalue weighted by molar-refractivity contribution is 0.101. The van der Waals surface area contributed by atoms with Gasteiger partial charge in [-0.1, -0.05) is 12.1 Å². The zero-order chi connectivity index (χ0) is 19.5. The van der Waals surface area contributed by atoms with Crippen LogP contribution in [0.3, 0.4) is 0 Å². The van der Waals surface area contributed by atoms with Gasteiger partial charge < -0.3 is 16.0 Å². The number of nitrogens with one attached hydrogen (secondary N) is 3. The van der Waals surface area contributed by atoms with Gasteiger partial charge in [-0.3, -0.25) is 9.59 Å². The summed E-state index contributed by atoms with van der Waals surface area (Å²) in [5, 5.41) is 8.87. The molecule has 0 saturated heterocycles. The van der Waals surface area contributed by atoms with Crippen LogP contribution in [-0.4, -0.2) is 11.8 Å². The third-order valence-corrected chi connectivity index (χ3v) is 4.58. The van der Waals surface area contributed by atoms with Crippen LogP contribution in [0.25, 0.3) is 0 Å². The molecule has 0 aromatic heterocycles. The fourth-order valence-electron chi connectivity index (χ4n) is 3.12. The van der Waals surface area contributed by atoms with Crippen LogP contribution in [0.5, 0.6) is 0 Å². The fraction of sp³-hybridized carbons (Fsp3) is 0.0909. The van der Waals surface area contributed by atoms with E-state index in [0.717, 1.165) is 18.8 Å². The maximum absolute atomic E-state index is 13.0. The molecule has 1 heterocycles. The lowest BCUT2D eigenvalue weighted by Gasteiger charge is -2.09. The molecule has 0 radical (unpaired) electrons. The van der Waals surface area contributed by atoms with Crippen LogP contribution in [0.15, 0.2) is 66.7 Å². The number of hydrogen-bond acceptors (Lipinski definition) is 3. The van der Waals surface area contributed by atoms with E-state index in [4.69, 9.17) is 0 Å². The summed E-state index contributed by atoms with van der Waals surface area (Å²) in [6.07, 6.45) is 0. The highest BCUT2D eigenvalue weighted by Gasteiger charge is 2.13. The zero-order valence-electron chi connectivity index (χ0n) is 15.0. The summed E-state index contributed by atoms with van der Waals surface area (Å²) >= 11 is 0. The Morgan fingerprint density at radius 3 is 2.21 bits per heavy atom. The van der Waals surface area contributed by atoms with E-state index in [2.05, 4.69) is 16.0 Å². The minimum Gasteiger partial charge on any atom is -0.322 e. The summed E-state index contributed by atoms with van der Waals surface area (Å²) in [5.41, 5.74) is 4.40. The number of fused-ring (bicyclic) bond motifs is 1. The molecule has 0 atom stereocenters. The Labute approximate surface area is 161 Å². The quantitative estimate of drug-likeness (QED) is 0.647. The van der Waals surface area contributed by atoms with Crippen LogP contribution in [0.1, 0.15) is 31.8 Å². The van der Waals surface area contributed by atoms with Crippen LogP contribution in [-0.2, 0) is 13.1 Å². The molecule has 6 heteroatoms. The van der Waals surface area contributed by atoms with E-state index in [1.807, 2.05) is 18.2 Å². The number of anilines is 2. The molecule has 140 valence electrons. The summed E-state index contributed by atoms with van der Waals surface area (Å²) in [5.74, 6) is -1.04. The van der Waals surface area contributed by atoms with Gasteiger partial charge in [-0.2, -0.15) is 0 Å². The minimum absolute atomic E-state index is 0.260. The molecule has 3 aromatic carbocycles. The van der Waals surface area contributed by atoms with Gasteiger partial charge in [-0.05, 0) is 65.7 Å². The number of benzene rings is 3. The smallest absolute Gasteiger partial charge is 0.255 e. The van der Waals surface area contributed by atoms with Crippen molar-refractivity contribution in [3.8, 4) is 0 Å². The van der Waals surface area contributed by atoms with Crippen LogP contribution in [0, 0.1) is 5.82 Å². The Morgan fingerprint density at radius 1 is 0.750 bits per heavy atom. The molecule has 5 nitrogen and oxygen atoms in total. The molecular formula is C22H18FN3O2. The highest BCUT2D eigenvalue weighted by molar-refractivity contribution is 6.07. The molecule has 3 aromatic rings. The monoisotopic (exact) mass is 375 g/mol. The molecule has 1 aliphatic heterocycles. The Bertz CT molecular complexity index is 1050. The van der Waals surface area contributed by atoms with Crippen LogP contribution < -0.4 is 16.0 Å². The molecule has 0 unspecified atom stereocenters. The van der Waals surface area contributed by atoms with Crippen molar-refractivity contribution in [1.29, 1.82) is 0 Å². The van der Waals surface area contributed by atoms with Crippen molar-refractivity contribution in [2.45, 2.75) is 13.1 Å². The maximum Gasteiger partial charge on any atom is 0.255 e. The molecule has 3 N–H and O–H groups in total. The fourth-order valence-corrected chi connectivity index (χ4v) is 3.12. The second-order valence-electron chi connectivity index (χ2n) is 6.58. The Morgan fingerprint density at radius 2 is 1.43 bits per heavy atom. The van der Waals surface area contributed by atoms with Gasteiger partial charge in [-0.15, -0.1) is 0 Å². The summed E-state index contributed by atoms with van der Waals surface area (Å²) in [4.78, 5) is 24.8. The lowest BCUT2D eigenvalue weighted by Crippen LogP contribution is -2.14. The van der Waals surface area contributed by atoms with Crippen molar-refractivity contribution in [1.82, 2.24) is 5.32 Å². The van der Waals surface area contributed by atoms with Gasteiger partial charge in [0.2, 0.25) is 0 Å². The second kappa shape index (κ2) is 7.62. The van der Waals surface area contributed by atoms with Gasteiger partial charge in [0.1, 0.15) is 5.82 Å². The van der Waals surface area contributed by atoms with Crippen LogP contribution >= 0.6 is 0 Å². The SMILES string of the molecule is O=C(Nc1cccc(C(=O)Nc2ccc3c(c2)CNC3)c1)c1ccc(F)cc1. The molecule has 4 rings (SSSR count). The van der Waals surface area contributed by atoms with Gasteiger partial charge in [0, 0.05) is 35.6 Å². The van der Waals surface area contributed by atoms with Gasteiger partial charge in [-0.25, -0.2) is 4.39 Å². The predicted octanol–water partition coefficient (Wildman–Crippen LogP) is 3.93. The third-order valence-electron chi connectivity index (χ3n) is 4.58. The van der Waals surface area contributed by atoms with Crippen molar-refractivity contribution in [3.05, 3.63) is 94.8 Å². The number of rotatable bonds is 4. The normalized spacial score (nSPS) is 12.3. The summed E-state index contributed by atoms with van der Waals surface area (Å²) in [6, 6.07) is 17.8. The topological polar surface area (TPSA) is 70.2 Å². The highest BCUT2D eigenvalue weighted by Crippen LogP contribution is 2.21. The molecule has 28 heavy (non-hydrogen) atoms. The maximum atomic E-state index is 13.0. The van der Waals surface area contributed by atoms with E-state index in [1.165, 1.54) is 35.4 Å². The first-order valence-electron chi connectivity index (χ1n) is 8.89. The summed E-state index contributed by atoms with van der Waals surface area (Å²) in [7, 11) is 0. The van der Waals surface area contributed by atoms with Gasteiger partial charge in [0.15, 0.2) is 0 Å². The van der Waals surface area contributed by atoms with Gasteiger partial charge in [0.05, 0.1) is 0 Å². The first kappa shape index (κ1) is 17.9. The number of carbonyl (C=O) groups excluding carboxylic acids is 2. The molecule has 0 aliphatic carbocycles. The van der Waals surface area contributed by atoms with Crippen molar-refractivity contribution >= 4 is 23.2 Å². The Hall–Kier alpha value is -3.51. The number of carbonyl (C=O) groups is 2. The molecular weight excluding hydrogens is 357 g/mol. The predicted molar refractivity (Wildman–Crippen MR) is 106 cm³/mol. The molecule has 0 saturated carbocycles. The second-order valence-corrected chi connectivity index (χ2v) is 6.58. The first-order chi connectivity index (χ1) is 13.6. The minimum atomic E-state index is -0.405. The first-order valence-corrected chi connectivity index (χ1v) is 8.89. The highest BCUT2D eigenvalue weighted by atomic mass is 19.1. The van der Waals surface area contributed by atoms with E-state index >= 15 is 0 Å². The van der Waals surface area contributed by atoms with Crippen LogP contribution in [0.2, 0.25) is 0 Å². The van der Waals surface area contributed by atoms with E-state index < -0.39 is 5.82 Å². The number of amides is 2. The van der Waals surface area contributed by atoms with Crippen molar-refractivity contribution in [2.75, 3.05) is 10.6 Å². The lowest BCUT2D eigenvalue weighted by atomic mass is 10.1. The van der Waals surface area contributed by atoms with Crippen LogP contribution in [0.4, 0.5) is 15.8 Å². The molecule has 2 amide bonds. The average Bonchev–Trinajstić information content (AvgIpc) is 3.16. The molecule has 1 aliphatic rings. The number of hydrogen-bond donors (Lipinski definition) is 3. The standard InChI is InChI=1S/C22H18FN3O2/c23-18-7-4-14(5-8-18)21(27)25-19-3-1-2-15(10-19)22(28)26-20-9-6-16-12-24-13-17(16)11-20/h1-11,24H,12-13H2,(H,25,27)(H,26,28). The Kier molecular flexibility index (Phi) is 4.87. The molecule has 0 bridgehead atoms.